The molecule has 9 nitrogen and oxygen atoms in total. The number of carbonyl (C=O) groups is 4. The van der Waals surface area contributed by atoms with Crippen molar-refractivity contribution < 1.29 is 28.7 Å². The molecule has 0 aromatic heterocycles. The largest absolute Gasteiger partial charge is 0.482 e. The van der Waals surface area contributed by atoms with Gasteiger partial charge in [-0.15, -0.1) is 0 Å². The van der Waals surface area contributed by atoms with E-state index in [2.05, 4.69) is 22.3 Å². The van der Waals surface area contributed by atoms with E-state index in [-0.39, 0.29) is 19.1 Å². The molecule has 2 aliphatic rings. The minimum Gasteiger partial charge on any atom is -0.482 e. The van der Waals surface area contributed by atoms with E-state index in [4.69, 9.17) is 4.74 Å². The lowest BCUT2D eigenvalue weighted by Gasteiger charge is -2.34. The van der Waals surface area contributed by atoms with Crippen molar-refractivity contribution in [1.29, 1.82) is 0 Å². The van der Waals surface area contributed by atoms with Gasteiger partial charge in [-0.3, -0.25) is 14.5 Å². The van der Waals surface area contributed by atoms with Crippen molar-refractivity contribution in [2.45, 2.75) is 44.6 Å². The normalized spacial score (nSPS) is 23.3. The molecule has 1 heterocycles. The second-order valence-corrected chi connectivity index (χ2v) is 7.69. The lowest BCUT2D eigenvalue weighted by atomic mass is 9.75. The Bertz CT molecular complexity index is 815. The van der Waals surface area contributed by atoms with Gasteiger partial charge in [0.05, 0.1) is 7.11 Å². The summed E-state index contributed by atoms with van der Waals surface area (Å²) in [7, 11) is 1.27. The lowest BCUT2D eigenvalue weighted by molar-refractivity contribution is -0.143. The Labute approximate surface area is 175 Å². The predicted molar refractivity (Wildman–Crippen MR) is 108 cm³/mol. The van der Waals surface area contributed by atoms with E-state index < -0.39 is 23.4 Å². The first kappa shape index (κ1) is 21.6. The van der Waals surface area contributed by atoms with Crippen LogP contribution in [0.15, 0.2) is 24.3 Å². The number of hydrogen-bond acceptors (Lipinski definition) is 6. The molecular formula is C21H27N3O6. The molecule has 0 unspecified atom stereocenters. The van der Waals surface area contributed by atoms with Gasteiger partial charge in [0.1, 0.15) is 17.8 Å². The highest BCUT2D eigenvalue weighted by Crippen LogP contribution is 2.37. The lowest BCUT2D eigenvalue weighted by Crippen LogP contribution is -2.49. The molecule has 1 saturated carbocycles. The molecule has 1 aromatic carbocycles. The Morgan fingerprint density at radius 2 is 1.87 bits per heavy atom. The van der Waals surface area contributed by atoms with E-state index in [0.717, 1.165) is 24.2 Å². The molecule has 30 heavy (non-hydrogen) atoms. The molecule has 1 aliphatic carbocycles. The standard InChI is InChI=1S/C21H27N3O6/c1-3-14-8-10-21(11-9-14)19(27)24(20(28)23-21)12-17(25)22-15-4-6-16(7-5-15)30-13-18(26)29-2/h4-7,14H,3,8-13H2,1-2H3,(H,22,25)(H,23,28). The van der Waals surface area contributed by atoms with Crippen molar-refractivity contribution >= 4 is 29.5 Å². The minimum atomic E-state index is -0.859. The maximum Gasteiger partial charge on any atom is 0.343 e. The number of benzene rings is 1. The topological polar surface area (TPSA) is 114 Å². The van der Waals surface area contributed by atoms with Crippen LogP contribution < -0.4 is 15.4 Å². The number of hydrogen-bond donors (Lipinski definition) is 2. The zero-order chi connectivity index (χ0) is 21.7. The first-order chi connectivity index (χ1) is 14.4. The summed E-state index contributed by atoms with van der Waals surface area (Å²) >= 11 is 0. The van der Waals surface area contributed by atoms with Crippen LogP contribution in [-0.4, -0.2) is 54.5 Å². The van der Waals surface area contributed by atoms with Gasteiger partial charge in [0.15, 0.2) is 6.61 Å². The second-order valence-electron chi connectivity index (χ2n) is 7.69. The maximum absolute atomic E-state index is 12.9. The molecule has 2 fully saturated rings. The molecular weight excluding hydrogens is 390 g/mol. The fraction of sp³-hybridized carbons (Fsp3) is 0.524. The summed E-state index contributed by atoms with van der Waals surface area (Å²) in [6.45, 7) is 1.57. The number of esters is 1. The van der Waals surface area contributed by atoms with Gasteiger partial charge < -0.3 is 20.1 Å². The van der Waals surface area contributed by atoms with Crippen molar-refractivity contribution in [2.75, 3.05) is 25.6 Å². The molecule has 1 saturated heterocycles. The number of amides is 4. The van der Waals surface area contributed by atoms with Crippen LogP contribution in [0.25, 0.3) is 0 Å². The number of rotatable bonds is 7. The third kappa shape index (κ3) is 4.72. The maximum atomic E-state index is 12.9. The monoisotopic (exact) mass is 417 g/mol. The summed E-state index contributed by atoms with van der Waals surface area (Å²) in [5, 5.41) is 5.48. The smallest absolute Gasteiger partial charge is 0.343 e. The molecule has 3 rings (SSSR count). The van der Waals surface area contributed by atoms with Crippen LogP contribution in [0, 0.1) is 5.92 Å². The molecule has 1 spiro atoms. The molecule has 2 N–H and O–H groups in total. The van der Waals surface area contributed by atoms with Gasteiger partial charge in [0.2, 0.25) is 5.91 Å². The molecule has 0 bridgehead atoms. The Morgan fingerprint density at radius 1 is 1.20 bits per heavy atom. The van der Waals surface area contributed by atoms with Crippen LogP contribution in [-0.2, 0) is 19.1 Å². The van der Waals surface area contributed by atoms with Gasteiger partial charge in [-0.05, 0) is 55.9 Å². The van der Waals surface area contributed by atoms with Crippen molar-refractivity contribution in [3.8, 4) is 5.75 Å². The summed E-state index contributed by atoms with van der Waals surface area (Å²) < 4.78 is 9.74. The summed E-state index contributed by atoms with van der Waals surface area (Å²) in [4.78, 5) is 49.7. The highest BCUT2D eigenvalue weighted by atomic mass is 16.6. The van der Waals surface area contributed by atoms with E-state index in [1.165, 1.54) is 7.11 Å². The summed E-state index contributed by atoms with van der Waals surface area (Å²) in [6, 6.07) is 5.87. The molecule has 4 amide bonds. The molecule has 1 aromatic rings. The predicted octanol–water partition coefficient (Wildman–Crippen LogP) is 2.07. The molecule has 0 radical (unpaired) electrons. The van der Waals surface area contributed by atoms with Crippen molar-refractivity contribution in [3.63, 3.8) is 0 Å². The average molecular weight is 417 g/mol. The first-order valence-corrected chi connectivity index (χ1v) is 10.1. The van der Waals surface area contributed by atoms with Crippen molar-refractivity contribution in [1.82, 2.24) is 10.2 Å². The van der Waals surface area contributed by atoms with Crippen LogP contribution in [0.2, 0.25) is 0 Å². The first-order valence-electron chi connectivity index (χ1n) is 10.1. The zero-order valence-corrected chi connectivity index (χ0v) is 17.2. The van der Waals surface area contributed by atoms with Crippen molar-refractivity contribution in [3.05, 3.63) is 24.3 Å². The molecule has 0 atom stereocenters. The SMILES string of the molecule is CCC1CCC2(CC1)NC(=O)N(CC(=O)Nc1ccc(OCC(=O)OC)cc1)C2=O. The van der Waals surface area contributed by atoms with Crippen molar-refractivity contribution in [2.24, 2.45) is 5.92 Å². The van der Waals surface area contributed by atoms with Crippen LogP contribution in [0.5, 0.6) is 5.75 Å². The molecule has 9 heteroatoms. The number of nitrogens with zero attached hydrogens (tertiary/aromatic N) is 1. The van der Waals surface area contributed by atoms with Crippen LogP contribution >= 0.6 is 0 Å². The van der Waals surface area contributed by atoms with E-state index in [1.54, 1.807) is 24.3 Å². The third-order valence-electron chi connectivity index (χ3n) is 5.81. The van der Waals surface area contributed by atoms with Gasteiger partial charge in [0.25, 0.3) is 5.91 Å². The highest BCUT2D eigenvalue weighted by Gasteiger charge is 2.52. The number of urea groups is 1. The van der Waals surface area contributed by atoms with Crippen LogP contribution in [0.1, 0.15) is 39.0 Å². The Balaban J connectivity index is 1.54. The molecule has 162 valence electrons. The van der Waals surface area contributed by atoms with E-state index in [9.17, 15) is 19.2 Å². The van der Waals surface area contributed by atoms with Gasteiger partial charge in [-0.2, -0.15) is 0 Å². The molecule has 1 aliphatic heterocycles. The Kier molecular flexibility index (Phi) is 6.59. The summed E-state index contributed by atoms with van der Waals surface area (Å²) in [5.74, 6) is -0.263. The van der Waals surface area contributed by atoms with E-state index in [1.807, 2.05) is 0 Å². The number of nitrogens with one attached hydrogen (secondary N) is 2. The number of methoxy groups -OCH3 is 1. The zero-order valence-electron chi connectivity index (χ0n) is 17.2. The summed E-state index contributed by atoms with van der Waals surface area (Å²) in [6.07, 6.45) is 4.08. The van der Waals surface area contributed by atoms with Crippen LogP contribution in [0.3, 0.4) is 0 Å². The highest BCUT2D eigenvalue weighted by molar-refractivity contribution is 6.10. The van der Waals surface area contributed by atoms with E-state index in [0.29, 0.717) is 30.2 Å². The fourth-order valence-corrected chi connectivity index (χ4v) is 3.92. The minimum absolute atomic E-state index is 0.213. The van der Waals surface area contributed by atoms with Gasteiger partial charge >= 0.3 is 12.0 Å². The van der Waals surface area contributed by atoms with Gasteiger partial charge in [0, 0.05) is 5.69 Å². The van der Waals surface area contributed by atoms with E-state index >= 15 is 0 Å². The Hall–Kier alpha value is -3.10. The number of anilines is 1. The Morgan fingerprint density at radius 3 is 2.47 bits per heavy atom. The quantitative estimate of drug-likeness (QED) is 0.519. The van der Waals surface area contributed by atoms with Crippen LogP contribution in [0.4, 0.5) is 10.5 Å². The number of imide groups is 1. The number of ether oxygens (including phenoxy) is 2. The fourth-order valence-electron chi connectivity index (χ4n) is 3.92. The van der Waals surface area contributed by atoms with Gasteiger partial charge in [-0.1, -0.05) is 13.3 Å². The summed E-state index contributed by atoms with van der Waals surface area (Å²) in [5.41, 5.74) is -0.377. The average Bonchev–Trinajstić information content (AvgIpc) is 2.97. The number of carbonyl (C=O) groups excluding carboxylic acids is 4. The second kappa shape index (κ2) is 9.15. The third-order valence-corrected chi connectivity index (χ3v) is 5.81. The van der Waals surface area contributed by atoms with Gasteiger partial charge in [-0.25, -0.2) is 9.59 Å².